The van der Waals surface area contributed by atoms with Gasteiger partial charge in [0.1, 0.15) is 0 Å². The quantitative estimate of drug-likeness (QED) is 0.777. The second-order valence-electron chi connectivity index (χ2n) is 3.95. The van der Waals surface area contributed by atoms with Crippen LogP contribution in [0.3, 0.4) is 0 Å². The molecule has 0 amide bonds. The number of hydrogen-bond acceptors (Lipinski definition) is 3. The third-order valence-electron chi connectivity index (χ3n) is 3.01. The molecule has 1 aromatic heterocycles. The van der Waals surface area contributed by atoms with Gasteiger partial charge in [0.2, 0.25) is 5.88 Å². The second kappa shape index (κ2) is 3.58. The van der Waals surface area contributed by atoms with Gasteiger partial charge in [-0.25, -0.2) is 4.98 Å². The summed E-state index contributed by atoms with van der Waals surface area (Å²) in [5, 5.41) is 0. The molecule has 2 rings (SSSR count). The van der Waals surface area contributed by atoms with E-state index in [0.29, 0.717) is 5.88 Å². The lowest BCUT2D eigenvalue weighted by Gasteiger charge is -2.24. The molecule has 0 aromatic carbocycles. The van der Waals surface area contributed by atoms with Crippen LogP contribution in [0, 0.1) is 0 Å². The Labute approximate surface area is 84.3 Å². The fraction of sp³-hybridized carbons (Fsp3) is 0.545. The van der Waals surface area contributed by atoms with E-state index in [-0.39, 0.29) is 5.54 Å². The zero-order chi connectivity index (χ0) is 10.0. The van der Waals surface area contributed by atoms with E-state index in [2.05, 4.69) is 4.98 Å². The number of nitrogens with zero attached hydrogens (tertiary/aromatic N) is 1. The van der Waals surface area contributed by atoms with E-state index >= 15 is 0 Å². The predicted octanol–water partition coefficient (Wildman–Crippen LogP) is 1.82. The van der Waals surface area contributed by atoms with Crippen molar-refractivity contribution in [1.29, 1.82) is 0 Å². The smallest absolute Gasteiger partial charge is 0.213 e. The number of aromatic nitrogens is 1. The molecule has 1 aliphatic rings. The highest BCUT2D eigenvalue weighted by Crippen LogP contribution is 2.36. The average molecular weight is 192 g/mol. The summed E-state index contributed by atoms with van der Waals surface area (Å²) in [6, 6.07) is 3.94. The van der Waals surface area contributed by atoms with Crippen molar-refractivity contribution >= 4 is 0 Å². The molecule has 1 aromatic rings. The van der Waals surface area contributed by atoms with Gasteiger partial charge in [-0.05, 0) is 24.5 Å². The SMILES string of the molecule is COc1cc(C2(N)CCCC2)ccn1. The Morgan fingerprint density at radius 2 is 2.14 bits per heavy atom. The highest BCUT2D eigenvalue weighted by molar-refractivity contribution is 5.28. The molecule has 0 bridgehead atoms. The molecule has 1 heterocycles. The van der Waals surface area contributed by atoms with Crippen molar-refractivity contribution in [2.45, 2.75) is 31.2 Å². The molecule has 2 N–H and O–H groups in total. The van der Waals surface area contributed by atoms with Crippen LogP contribution < -0.4 is 10.5 Å². The third kappa shape index (κ3) is 1.60. The first-order valence-corrected chi connectivity index (χ1v) is 5.04. The molecule has 3 nitrogen and oxygen atoms in total. The Morgan fingerprint density at radius 1 is 1.43 bits per heavy atom. The van der Waals surface area contributed by atoms with Crippen molar-refractivity contribution in [2.75, 3.05) is 7.11 Å². The van der Waals surface area contributed by atoms with E-state index < -0.39 is 0 Å². The minimum absolute atomic E-state index is 0.143. The van der Waals surface area contributed by atoms with Crippen LogP contribution in [0.25, 0.3) is 0 Å². The van der Waals surface area contributed by atoms with Crippen molar-refractivity contribution in [3.8, 4) is 5.88 Å². The summed E-state index contributed by atoms with van der Waals surface area (Å²) in [4.78, 5) is 4.08. The molecule has 76 valence electrons. The summed E-state index contributed by atoms with van der Waals surface area (Å²) in [5.41, 5.74) is 7.33. The average Bonchev–Trinajstić information content (AvgIpc) is 2.67. The molecule has 14 heavy (non-hydrogen) atoms. The van der Waals surface area contributed by atoms with Gasteiger partial charge in [0, 0.05) is 17.8 Å². The molecule has 0 unspecified atom stereocenters. The van der Waals surface area contributed by atoms with Gasteiger partial charge in [-0.15, -0.1) is 0 Å². The lowest BCUT2D eigenvalue weighted by Crippen LogP contribution is -2.33. The van der Waals surface area contributed by atoms with Gasteiger partial charge in [0.15, 0.2) is 0 Å². The van der Waals surface area contributed by atoms with Gasteiger partial charge >= 0.3 is 0 Å². The fourth-order valence-corrected chi connectivity index (χ4v) is 2.13. The van der Waals surface area contributed by atoms with Crippen molar-refractivity contribution < 1.29 is 4.74 Å². The van der Waals surface area contributed by atoms with Crippen LogP contribution in [-0.4, -0.2) is 12.1 Å². The van der Waals surface area contributed by atoms with Crippen molar-refractivity contribution in [2.24, 2.45) is 5.73 Å². The first-order chi connectivity index (χ1) is 6.74. The van der Waals surface area contributed by atoms with Crippen molar-refractivity contribution in [1.82, 2.24) is 4.98 Å². The highest BCUT2D eigenvalue weighted by Gasteiger charge is 2.31. The summed E-state index contributed by atoms with van der Waals surface area (Å²) in [7, 11) is 1.63. The van der Waals surface area contributed by atoms with Gasteiger partial charge in [-0.3, -0.25) is 0 Å². The second-order valence-corrected chi connectivity index (χ2v) is 3.95. The molecule has 0 aliphatic heterocycles. The summed E-state index contributed by atoms with van der Waals surface area (Å²) in [5.74, 6) is 0.652. The van der Waals surface area contributed by atoms with Crippen LogP contribution in [0.2, 0.25) is 0 Å². The number of hydrogen-bond donors (Lipinski definition) is 1. The van der Waals surface area contributed by atoms with Crippen LogP contribution >= 0.6 is 0 Å². The molecule has 0 radical (unpaired) electrons. The standard InChI is InChI=1S/C11H16N2O/c1-14-10-8-9(4-7-13-10)11(12)5-2-3-6-11/h4,7-8H,2-3,5-6,12H2,1H3. The number of methoxy groups -OCH3 is 1. The maximum Gasteiger partial charge on any atom is 0.213 e. The fourth-order valence-electron chi connectivity index (χ4n) is 2.13. The van der Waals surface area contributed by atoms with E-state index in [1.54, 1.807) is 13.3 Å². The van der Waals surface area contributed by atoms with Gasteiger partial charge < -0.3 is 10.5 Å². The Kier molecular flexibility index (Phi) is 2.42. The minimum atomic E-state index is -0.143. The van der Waals surface area contributed by atoms with Crippen LogP contribution in [0.1, 0.15) is 31.2 Å². The Hall–Kier alpha value is -1.09. The molecule has 1 saturated carbocycles. The third-order valence-corrected chi connectivity index (χ3v) is 3.01. The van der Waals surface area contributed by atoms with Gasteiger partial charge in [-0.1, -0.05) is 12.8 Å². The maximum atomic E-state index is 6.32. The van der Waals surface area contributed by atoms with Crippen LogP contribution in [0.4, 0.5) is 0 Å². The Bertz CT molecular complexity index is 319. The van der Waals surface area contributed by atoms with Gasteiger partial charge in [-0.2, -0.15) is 0 Å². The number of nitrogens with two attached hydrogens (primary N) is 1. The largest absolute Gasteiger partial charge is 0.481 e. The first kappa shape index (κ1) is 9.46. The van der Waals surface area contributed by atoms with Gasteiger partial charge in [0.05, 0.1) is 7.11 Å². The summed E-state index contributed by atoms with van der Waals surface area (Å²) >= 11 is 0. The number of pyridine rings is 1. The van der Waals surface area contributed by atoms with Crippen LogP contribution in [0.5, 0.6) is 5.88 Å². The summed E-state index contributed by atoms with van der Waals surface area (Å²) in [6.45, 7) is 0. The zero-order valence-electron chi connectivity index (χ0n) is 8.49. The first-order valence-electron chi connectivity index (χ1n) is 5.04. The lowest BCUT2D eigenvalue weighted by atomic mass is 9.90. The summed E-state index contributed by atoms with van der Waals surface area (Å²) in [6.07, 6.45) is 6.35. The molecule has 0 spiro atoms. The van der Waals surface area contributed by atoms with Crippen molar-refractivity contribution in [3.05, 3.63) is 23.9 Å². The van der Waals surface area contributed by atoms with Crippen molar-refractivity contribution in [3.63, 3.8) is 0 Å². The van der Waals surface area contributed by atoms with E-state index in [4.69, 9.17) is 10.5 Å². The van der Waals surface area contributed by atoms with E-state index in [0.717, 1.165) is 18.4 Å². The zero-order valence-corrected chi connectivity index (χ0v) is 8.49. The predicted molar refractivity (Wildman–Crippen MR) is 55.1 cm³/mol. The molecule has 0 saturated heterocycles. The topological polar surface area (TPSA) is 48.1 Å². The van der Waals surface area contributed by atoms with E-state index in [1.807, 2.05) is 12.1 Å². The van der Waals surface area contributed by atoms with Crippen LogP contribution in [-0.2, 0) is 5.54 Å². The normalized spacial score (nSPS) is 19.6. The van der Waals surface area contributed by atoms with E-state index in [1.165, 1.54) is 12.8 Å². The summed E-state index contributed by atoms with van der Waals surface area (Å²) < 4.78 is 5.09. The van der Waals surface area contributed by atoms with Crippen LogP contribution in [0.15, 0.2) is 18.3 Å². The molecule has 1 fully saturated rings. The monoisotopic (exact) mass is 192 g/mol. The highest BCUT2D eigenvalue weighted by atomic mass is 16.5. The minimum Gasteiger partial charge on any atom is -0.481 e. The number of ether oxygens (including phenoxy) is 1. The Morgan fingerprint density at radius 3 is 2.79 bits per heavy atom. The maximum absolute atomic E-state index is 6.32. The van der Waals surface area contributed by atoms with Gasteiger partial charge in [0.25, 0.3) is 0 Å². The molecule has 3 heteroatoms. The van der Waals surface area contributed by atoms with E-state index in [9.17, 15) is 0 Å². The lowest BCUT2D eigenvalue weighted by molar-refractivity contribution is 0.392. The molecule has 1 aliphatic carbocycles. The molecular weight excluding hydrogens is 176 g/mol. The molecular formula is C11H16N2O. The molecule has 0 atom stereocenters. The Balaban J connectivity index is 2.30. The number of rotatable bonds is 2.